The summed E-state index contributed by atoms with van der Waals surface area (Å²) in [6.07, 6.45) is 0.600. The first-order valence-corrected chi connectivity index (χ1v) is 6.33. The van der Waals surface area contributed by atoms with Gasteiger partial charge in [0.2, 0.25) is 6.43 Å². The highest BCUT2D eigenvalue weighted by molar-refractivity contribution is 5.26. The van der Waals surface area contributed by atoms with Crippen molar-refractivity contribution in [1.82, 2.24) is 5.32 Å². The Morgan fingerprint density at radius 3 is 2.35 bits per heavy atom. The van der Waals surface area contributed by atoms with Crippen molar-refractivity contribution in [2.75, 3.05) is 13.1 Å². The fraction of sp³-hybridized carbons (Fsp3) is 0.571. The lowest BCUT2D eigenvalue weighted by molar-refractivity contribution is 0.138. The number of rotatable bonds is 4. The molecule has 0 atom stereocenters. The zero-order valence-electron chi connectivity index (χ0n) is 9.96. The molecular formula is C14H19F2N. The van der Waals surface area contributed by atoms with E-state index in [4.69, 9.17) is 0 Å². The van der Waals surface area contributed by atoms with Crippen molar-refractivity contribution < 1.29 is 8.78 Å². The van der Waals surface area contributed by atoms with E-state index in [1.54, 1.807) is 0 Å². The van der Waals surface area contributed by atoms with Gasteiger partial charge in [-0.3, -0.25) is 0 Å². The molecule has 0 amide bonds. The Kier molecular flexibility index (Phi) is 4.49. The number of benzene rings is 1. The second-order valence-electron chi connectivity index (χ2n) is 4.70. The number of aryl methyl sites for hydroxylation is 1. The number of hydrogen-bond acceptors (Lipinski definition) is 1. The van der Waals surface area contributed by atoms with Gasteiger partial charge in [-0.2, -0.15) is 0 Å². The lowest BCUT2D eigenvalue weighted by Gasteiger charge is -2.23. The lowest BCUT2D eigenvalue weighted by Crippen LogP contribution is -2.26. The third kappa shape index (κ3) is 3.77. The second kappa shape index (κ2) is 6.10. The molecule has 1 aliphatic heterocycles. The highest BCUT2D eigenvalue weighted by Gasteiger charge is 2.14. The quantitative estimate of drug-likeness (QED) is 0.849. The van der Waals surface area contributed by atoms with Crippen LogP contribution in [0.2, 0.25) is 0 Å². The highest BCUT2D eigenvalue weighted by atomic mass is 19.3. The van der Waals surface area contributed by atoms with Gasteiger partial charge in [0.25, 0.3) is 0 Å². The van der Waals surface area contributed by atoms with Gasteiger partial charge in [-0.05, 0) is 49.4 Å². The number of hydrogen-bond donors (Lipinski definition) is 1. The van der Waals surface area contributed by atoms with E-state index in [0.29, 0.717) is 12.3 Å². The van der Waals surface area contributed by atoms with Gasteiger partial charge in [0.05, 0.1) is 0 Å². The molecule has 1 nitrogen and oxygen atoms in total. The van der Waals surface area contributed by atoms with Crippen LogP contribution in [0.1, 0.15) is 36.3 Å². The van der Waals surface area contributed by atoms with Gasteiger partial charge in [0, 0.05) is 6.42 Å². The van der Waals surface area contributed by atoms with Crippen LogP contribution in [0, 0.1) is 0 Å². The normalized spacial score (nSPS) is 17.6. The maximum Gasteiger partial charge on any atom is 0.239 e. The van der Waals surface area contributed by atoms with Crippen LogP contribution in [0.3, 0.4) is 0 Å². The summed E-state index contributed by atoms with van der Waals surface area (Å²) < 4.78 is 24.2. The van der Waals surface area contributed by atoms with Crippen LogP contribution in [-0.2, 0) is 6.42 Å². The summed E-state index contributed by atoms with van der Waals surface area (Å²) in [6.45, 7) is 2.16. The Morgan fingerprint density at radius 1 is 1.12 bits per heavy atom. The number of nitrogens with one attached hydrogen (secondary N) is 1. The minimum atomic E-state index is -2.20. The van der Waals surface area contributed by atoms with Gasteiger partial charge in [-0.1, -0.05) is 24.3 Å². The van der Waals surface area contributed by atoms with Gasteiger partial charge < -0.3 is 5.32 Å². The van der Waals surface area contributed by atoms with Crippen molar-refractivity contribution in [3.8, 4) is 0 Å². The van der Waals surface area contributed by atoms with Crippen LogP contribution in [-0.4, -0.2) is 19.5 Å². The molecule has 0 unspecified atom stereocenters. The van der Waals surface area contributed by atoms with Crippen molar-refractivity contribution in [3.63, 3.8) is 0 Å². The molecule has 0 aromatic heterocycles. The summed E-state index contributed by atoms with van der Waals surface area (Å²) in [4.78, 5) is 0. The molecule has 94 valence electrons. The first-order chi connectivity index (χ1) is 8.25. The third-order valence-electron chi connectivity index (χ3n) is 3.44. The minimum absolute atomic E-state index is 0.0350. The van der Waals surface area contributed by atoms with Crippen LogP contribution in [0.4, 0.5) is 8.78 Å². The molecule has 3 heteroatoms. The Labute approximate surface area is 101 Å². The molecule has 0 bridgehead atoms. The Balaban J connectivity index is 1.92. The smallest absolute Gasteiger partial charge is 0.239 e. The van der Waals surface area contributed by atoms with Gasteiger partial charge in [-0.25, -0.2) is 8.78 Å². The zero-order chi connectivity index (χ0) is 12.1. The first kappa shape index (κ1) is 12.5. The highest BCUT2D eigenvalue weighted by Crippen LogP contribution is 2.25. The van der Waals surface area contributed by atoms with Crippen LogP contribution in [0.15, 0.2) is 24.3 Å². The van der Waals surface area contributed by atoms with E-state index < -0.39 is 6.43 Å². The molecule has 0 aliphatic carbocycles. The molecule has 0 saturated carbocycles. The van der Waals surface area contributed by atoms with E-state index >= 15 is 0 Å². The van der Waals surface area contributed by atoms with Gasteiger partial charge >= 0.3 is 0 Å². The van der Waals surface area contributed by atoms with Crippen LogP contribution >= 0.6 is 0 Å². The number of piperidine rings is 1. The monoisotopic (exact) mass is 239 g/mol. The molecular weight excluding hydrogens is 220 g/mol. The molecule has 17 heavy (non-hydrogen) atoms. The lowest BCUT2D eigenvalue weighted by atomic mass is 9.89. The van der Waals surface area contributed by atoms with Crippen molar-refractivity contribution in [2.45, 2.75) is 38.0 Å². The Morgan fingerprint density at radius 2 is 1.76 bits per heavy atom. The Bertz CT molecular complexity index is 329. The maximum absolute atomic E-state index is 12.1. The van der Waals surface area contributed by atoms with Crippen molar-refractivity contribution >= 4 is 0 Å². The first-order valence-electron chi connectivity index (χ1n) is 6.33. The van der Waals surface area contributed by atoms with Crippen molar-refractivity contribution in [2.24, 2.45) is 0 Å². The van der Waals surface area contributed by atoms with Gasteiger partial charge in [0.15, 0.2) is 0 Å². The second-order valence-corrected chi connectivity index (χ2v) is 4.70. The summed E-state index contributed by atoms with van der Waals surface area (Å²) in [5.74, 6) is 0.639. The largest absolute Gasteiger partial charge is 0.317 e. The molecule has 2 rings (SSSR count). The molecule has 1 aromatic rings. The number of halogens is 2. The molecule has 1 saturated heterocycles. The summed E-state index contributed by atoms with van der Waals surface area (Å²) in [7, 11) is 0. The standard InChI is InChI=1S/C14H19F2N/c15-14(16)6-3-11-1-4-12(5-2-11)13-7-9-17-10-8-13/h1-2,4-5,13-14,17H,3,6-10H2. The molecule has 1 heterocycles. The summed E-state index contributed by atoms with van der Waals surface area (Å²) in [5.41, 5.74) is 2.37. The van der Waals surface area contributed by atoms with Crippen LogP contribution in [0.5, 0.6) is 0 Å². The predicted octanol–water partition coefficient (Wildman–Crippen LogP) is 3.35. The van der Waals surface area contributed by atoms with E-state index in [-0.39, 0.29) is 6.42 Å². The van der Waals surface area contributed by atoms with Crippen molar-refractivity contribution in [3.05, 3.63) is 35.4 Å². The molecule has 1 N–H and O–H groups in total. The van der Waals surface area contributed by atoms with E-state index in [0.717, 1.165) is 18.7 Å². The average molecular weight is 239 g/mol. The maximum atomic E-state index is 12.1. The molecule has 0 radical (unpaired) electrons. The number of alkyl halides is 2. The van der Waals surface area contributed by atoms with Crippen molar-refractivity contribution in [1.29, 1.82) is 0 Å². The molecule has 1 fully saturated rings. The topological polar surface area (TPSA) is 12.0 Å². The predicted molar refractivity (Wildman–Crippen MR) is 65.6 cm³/mol. The van der Waals surface area contributed by atoms with E-state index in [9.17, 15) is 8.78 Å². The average Bonchev–Trinajstić information content (AvgIpc) is 2.38. The van der Waals surface area contributed by atoms with E-state index in [2.05, 4.69) is 17.4 Å². The summed E-state index contributed by atoms with van der Waals surface area (Å²) in [5, 5.41) is 3.35. The zero-order valence-corrected chi connectivity index (χ0v) is 9.96. The molecule has 1 aliphatic rings. The molecule has 1 aromatic carbocycles. The van der Waals surface area contributed by atoms with Gasteiger partial charge in [-0.15, -0.1) is 0 Å². The van der Waals surface area contributed by atoms with Gasteiger partial charge in [0.1, 0.15) is 0 Å². The SMILES string of the molecule is FC(F)CCc1ccc(C2CCNCC2)cc1. The molecule has 0 spiro atoms. The van der Waals surface area contributed by atoms with Crippen LogP contribution in [0.25, 0.3) is 0 Å². The summed E-state index contributed by atoms with van der Waals surface area (Å²) >= 11 is 0. The fourth-order valence-electron chi connectivity index (χ4n) is 2.39. The minimum Gasteiger partial charge on any atom is -0.317 e. The van der Waals surface area contributed by atoms with Crippen LogP contribution < -0.4 is 5.32 Å². The van der Waals surface area contributed by atoms with E-state index in [1.165, 1.54) is 18.4 Å². The summed E-state index contributed by atoms with van der Waals surface area (Å²) in [6, 6.07) is 8.22. The Hall–Kier alpha value is -0.960. The fourth-order valence-corrected chi connectivity index (χ4v) is 2.39. The van der Waals surface area contributed by atoms with E-state index in [1.807, 2.05) is 12.1 Å². The third-order valence-corrected chi connectivity index (χ3v) is 3.44.